The van der Waals surface area contributed by atoms with Gasteiger partial charge in [-0.1, -0.05) is 18.2 Å². The molecule has 2 atom stereocenters. The maximum absolute atomic E-state index is 14.1. The van der Waals surface area contributed by atoms with Crippen molar-refractivity contribution in [1.29, 1.82) is 0 Å². The summed E-state index contributed by atoms with van der Waals surface area (Å²) in [4.78, 5) is 8.45. The zero-order valence-corrected chi connectivity index (χ0v) is 22.2. The van der Waals surface area contributed by atoms with Crippen LogP contribution in [0.15, 0.2) is 54.9 Å². The molecule has 2 aromatic carbocycles. The van der Waals surface area contributed by atoms with Gasteiger partial charge in [-0.15, -0.1) is 10.2 Å². The SMILES string of the molecule is COc1cccc(OC)c1-n1c(NS(=O)(=O)[C@@H](C)[C@H](OC)c2ncc(C)cn2)nnc1-c1cccc(F)c1. The van der Waals surface area contributed by atoms with E-state index in [1.807, 2.05) is 6.92 Å². The molecule has 0 fully saturated rings. The highest BCUT2D eigenvalue weighted by atomic mass is 32.2. The lowest BCUT2D eigenvalue weighted by atomic mass is 10.2. The third-order valence-electron chi connectivity index (χ3n) is 5.83. The Balaban J connectivity index is 1.84. The Kier molecular flexibility index (Phi) is 7.88. The van der Waals surface area contributed by atoms with E-state index in [9.17, 15) is 12.8 Å². The minimum Gasteiger partial charge on any atom is -0.494 e. The second kappa shape index (κ2) is 11.1. The van der Waals surface area contributed by atoms with Crippen LogP contribution in [0.5, 0.6) is 11.5 Å². The predicted molar refractivity (Wildman–Crippen MR) is 138 cm³/mol. The van der Waals surface area contributed by atoms with Gasteiger partial charge in [-0.2, -0.15) is 0 Å². The average molecular weight is 543 g/mol. The zero-order chi connectivity index (χ0) is 27.4. The number of hydrogen-bond acceptors (Lipinski definition) is 9. The van der Waals surface area contributed by atoms with Crippen molar-refractivity contribution in [1.82, 2.24) is 24.7 Å². The topological polar surface area (TPSA) is 130 Å². The number of aryl methyl sites for hydroxylation is 1. The number of benzene rings is 2. The summed E-state index contributed by atoms with van der Waals surface area (Å²) < 4.78 is 61.8. The number of nitrogens with one attached hydrogen (secondary N) is 1. The van der Waals surface area contributed by atoms with E-state index in [0.717, 1.165) is 5.56 Å². The van der Waals surface area contributed by atoms with Crippen molar-refractivity contribution < 1.29 is 27.0 Å². The van der Waals surface area contributed by atoms with E-state index in [-0.39, 0.29) is 17.6 Å². The van der Waals surface area contributed by atoms with Gasteiger partial charge >= 0.3 is 0 Å². The molecule has 0 spiro atoms. The molecule has 4 rings (SSSR count). The van der Waals surface area contributed by atoms with Gasteiger partial charge in [-0.3, -0.25) is 9.29 Å². The lowest BCUT2D eigenvalue weighted by molar-refractivity contribution is 0.0949. The van der Waals surface area contributed by atoms with Gasteiger partial charge in [-0.05, 0) is 43.7 Å². The predicted octanol–water partition coefficient (Wildman–Crippen LogP) is 3.71. The number of halogens is 1. The summed E-state index contributed by atoms with van der Waals surface area (Å²) in [5, 5.41) is 7.15. The van der Waals surface area contributed by atoms with E-state index >= 15 is 0 Å². The third-order valence-corrected chi connectivity index (χ3v) is 7.52. The summed E-state index contributed by atoms with van der Waals surface area (Å²) in [6.07, 6.45) is 2.18. The molecule has 0 aliphatic rings. The normalized spacial score (nSPS) is 13.1. The van der Waals surface area contributed by atoms with Crippen LogP contribution in [0.4, 0.5) is 10.3 Å². The number of ether oxygens (including phenoxy) is 3. The number of hydrogen-bond donors (Lipinski definition) is 1. The molecule has 4 aromatic rings. The van der Waals surface area contributed by atoms with Crippen molar-refractivity contribution in [3.8, 4) is 28.6 Å². The molecule has 13 heteroatoms. The smallest absolute Gasteiger partial charge is 0.243 e. The first-order valence-electron chi connectivity index (χ1n) is 11.5. The van der Waals surface area contributed by atoms with Gasteiger partial charge in [0.2, 0.25) is 16.0 Å². The zero-order valence-electron chi connectivity index (χ0n) is 21.4. The highest BCUT2D eigenvalue weighted by molar-refractivity contribution is 7.93. The Hall–Kier alpha value is -4.10. The van der Waals surface area contributed by atoms with Crippen molar-refractivity contribution >= 4 is 16.0 Å². The van der Waals surface area contributed by atoms with Crippen LogP contribution in [0.1, 0.15) is 24.4 Å². The van der Waals surface area contributed by atoms with Gasteiger partial charge in [0.15, 0.2) is 11.6 Å². The summed E-state index contributed by atoms with van der Waals surface area (Å²) in [6.45, 7) is 3.29. The van der Waals surface area contributed by atoms with Crippen LogP contribution in [0.2, 0.25) is 0 Å². The number of nitrogens with zero attached hydrogens (tertiary/aromatic N) is 5. The van der Waals surface area contributed by atoms with Crippen LogP contribution in [-0.2, 0) is 14.8 Å². The van der Waals surface area contributed by atoms with Crippen LogP contribution in [0.25, 0.3) is 17.1 Å². The largest absolute Gasteiger partial charge is 0.494 e. The van der Waals surface area contributed by atoms with Gasteiger partial charge in [0, 0.05) is 25.1 Å². The molecule has 0 unspecified atom stereocenters. The average Bonchev–Trinajstić information content (AvgIpc) is 3.31. The highest BCUT2D eigenvalue weighted by Gasteiger charge is 2.35. The Morgan fingerprint density at radius 3 is 2.18 bits per heavy atom. The van der Waals surface area contributed by atoms with Crippen LogP contribution >= 0.6 is 0 Å². The van der Waals surface area contributed by atoms with Gasteiger partial charge in [0.25, 0.3) is 0 Å². The number of sulfonamides is 1. The molecular weight excluding hydrogens is 515 g/mol. The van der Waals surface area contributed by atoms with Crippen LogP contribution in [0.3, 0.4) is 0 Å². The van der Waals surface area contributed by atoms with Crippen LogP contribution in [0, 0.1) is 12.7 Å². The number of aromatic nitrogens is 5. The van der Waals surface area contributed by atoms with Crippen LogP contribution in [-0.4, -0.2) is 59.7 Å². The molecule has 0 saturated carbocycles. The molecule has 0 aliphatic heterocycles. The first-order valence-corrected chi connectivity index (χ1v) is 13.0. The minimum atomic E-state index is -4.16. The third kappa shape index (κ3) is 5.29. The molecular formula is C25H27FN6O5S. The maximum Gasteiger partial charge on any atom is 0.243 e. The first kappa shape index (κ1) is 26.9. The highest BCUT2D eigenvalue weighted by Crippen LogP contribution is 2.38. The van der Waals surface area contributed by atoms with Gasteiger partial charge in [0.05, 0.1) is 14.2 Å². The van der Waals surface area contributed by atoms with E-state index < -0.39 is 27.2 Å². The summed E-state index contributed by atoms with van der Waals surface area (Å²) >= 11 is 0. The number of rotatable bonds is 10. The van der Waals surface area contributed by atoms with Crippen molar-refractivity contribution in [2.75, 3.05) is 26.1 Å². The molecule has 2 aromatic heterocycles. The maximum atomic E-state index is 14.1. The summed E-state index contributed by atoms with van der Waals surface area (Å²) in [5.41, 5.74) is 1.49. The van der Waals surface area contributed by atoms with E-state index in [4.69, 9.17) is 14.2 Å². The molecule has 11 nitrogen and oxygen atoms in total. The molecule has 0 radical (unpaired) electrons. The lowest BCUT2D eigenvalue weighted by Crippen LogP contribution is -2.33. The number of anilines is 1. The Morgan fingerprint density at radius 1 is 0.974 bits per heavy atom. The standard InChI is InChI=1S/C25H27FN6O5S/c1-15-13-27-23(28-14-15)22(37-5)16(2)38(33,34)31-25-30-29-24(17-8-6-9-18(26)12-17)32(25)21-19(35-3)10-7-11-20(21)36-4/h6-14,16,22H,1-5H3,(H,30,31)/t16-,22-/m0/s1. The Bertz CT molecular complexity index is 1510. The second-order valence-electron chi connectivity index (χ2n) is 8.33. The molecule has 38 heavy (non-hydrogen) atoms. The summed E-state index contributed by atoms with van der Waals surface area (Å²) in [7, 11) is 0.134. The molecule has 2 heterocycles. The van der Waals surface area contributed by atoms with Crippen molar-refractivity contribution in [2.24, 2.45) is 0 Å². The Morgan fingerprint density at radius 2 is 1.61 bits per heavy atom. The fourth-order valence-corrected chi connectivity index (χ4v) is 5.00. The Labute approximate surface area is 219 Å². The number of methoxy groups -OCH3 is 3. The number of para-hydroxylation sites is 1. The molecule has 0 saturated heterocycles. The minimum absolute atomic E-state index is 0.155. The summed E-state index contributed by atoms with van der Waals surface area (Å²) in [6, 6.07) is 10.7. The van der Waals surface area contributed by atoms with Crippen molar-refractivity contribution in [3.63, 3.8) is 0 Å². The molecule has 200 valence electrons. The first-order chi connectivity index (χ1) is 18.2. The van der Waals surface area contributed by atoms with Crippen molar-refractivity contribution in [2.45, 2.75) is 25.2 Å². The second-order valence-corrected chi connectivity index (χ2v) is 10.4. The molecule has 0 aliphatic carbocycles. The van der Waals surface area contributed by atoms with Crippen LogP contribution < -0.4 is 14.2 Å². The fraction of sp³-hybridized carbons (Fsp3) is 0.280. The van der Waals surface area contributed by atoms with E-state index in [1.54, 1.807) is 36.7 Å². The van der Waals surface area contributed by atoms with Gasteiger partial charge < -0.3 is 14.2 Å². The fourth-order valence-electron chi connectivity index (χ4n) is 3.87. The monoisotopic (exact) mass is 542 g/mol. The van der Waals surface area contributed by atoms with E-state index in [1.165, 1.54) is 51.0 Å². The molecule has 0 amide bonds. The van der Waals surface area contributed by atoms with E-state index in [2.05, 4.69) is 24.9 Å². The van der Waals surface area contributed by atoms with Gasteiger partial charge in [-0.25, -0.2) is 22.8 Å². The quantitative estimate of drug-likeness (QED) is 0.319. The van der Waals surface area contributed by atoms with Gasteiger partial charge in [0.1, 0.15) is 34.4 Å². The van der Waals surface area contributed by atoms with Crippen molar-refractivity contribution in [3.05, 3.63) is 72.1 Å². The summed E-state index contributed by atoms with van der Waals surface area (Å²) in [5.74, 6) is 0.391. The molecule has 1 N–H and O–H groups in total. The molecule has 0 bridgehead atoms. The van der Waals surface area contributed by atoms with E-state index in [0.29, 0.717) is 22.7 Å². The lowest BCUT2D eigenvalue weighted by Gasteiger charge is -2.23.